The zero-order valence-electron chi connectivity index (χ0n) is 12.1. The van der Waals surface area contributed by atoms with Crippen molar-refractivity contribution < 1.29 is 9.84 Å². The highest BCUT2D eigenvalue weighted by Crippen LogP contribution is 2.26. The molecule has 20 heavy (non-hydrogen) atoms. The van der Waals surface area contributed by atoms with Gasteiger partial charge in [0.2, 0.25) is 0 Å². The number of rotatable bonds is 7. The number of ether oxygens (including phenoxy) is 1. The number of hydrogen-bond donors (Lipinski definition) is 1. The van der Waals surface area contributed by atoms with Gasteiger partial charge in [-0.2, -0.15) is 0 Å². The molecule has 0 aliphatic heterocycles. The van der Waals surface area contributed by atoms with Crippen LogP contribution in [0.5, 0.6) is 5.75 Å². The smallest absolute Gasteiger partial charge is 0.125 e. The van der Waals surface area contributed by atoms with Crippen LogP contribution in [-0.2, 0) is 13.0 Å². The van der Waals surface area contributed by atoms with Crippen molar-refractivity contribution in [3.63, 3.8) is 0 Å². The molecule has 1 unspecified atom stereocenters. The SMILES string of the molecule is CCCc1nccn1CC(O)c1ccccc1OCC. The second-order valence-electron chi connectivity index (χ2n) is 4.73. The van der Waals surface area contributed by atoms with Crippen LogP contribution in [0.1, 0.15) is 37.8 Å². The summed E-state index contributed by atoms with van der Waals surface area (Å²) in [5.41, 5.74) is 0.825. The molecule has 0 saturated heterocycles. The first-order chi connectivity index (χ1) is 9.76. The average Bonchev–Trinajstić information content (AvgIpc) is 2.87. The van der Waals surface area contributed by atoms with Gasteiger partial charge in [0.1, 0.15) is 17.7 Å². The molecule has 2 aromatic rings. The Bertz CT molecular complexity index is 537. The third-order valence-electron chi connectivity index (χ3n) is 3.22. The number of imidazole rings is 1. The second-order valence-corrected chi connectivity index (χ2v) is 4.73. The van der Waals surface area contributed by atoms with Crippen LogP contribution in [0.4, 0.5) is 0 Å². The normalized spacial score (nSPS) is 12.3. The quantitative estimate of drug-likeness (QED) is 0.844. The van der Waals surface area contributed by atoms with Crippen molar-refractivity contribution in [2.45, 2.75) is 39.3 Å². The summed E-state index contributed by atoms with van der Waals surface area (Å²) in [5.74, 6) is 1.76. The zero-order valence-corrected chi connectivity index (χ0v) is 12.1. The van der Waals surface area contributed by atoms with Crippen LogP contribution < -0.4 is 4.74 Å². The third kappa shape index (κ3) is 3.39. The minimum absolute atomic E-state index is 0.499. The lowest BCUT2D eigenvalue weighted by Crippen LogP contribution is -2.12. The maximum absolute atomic E-state index is 10.5. The number of benzene rings is 1. The lowest BCUT2D eigenvalue weighted by atomic mass is 10.1. The van der Waals surface area contributed by atoms with E-state index < -0.39 is 6.10 Å². The van der Waals surface area contributed by atoms with Gasteiger partial charge in [-0.05, 0) is 19.4 Å². The summed E-state index contributed by atoms with van der Waals surface area (Å²) >= 11 is 0. The van der Waals surface area contributed by atoms with Crippen molar-refractivity contribution in [3.05, 3.63) is 48.0 Å². The van der Waals surface area contributed by atoms with Crippen LogP contribution in [0.3, 0.4) is 0 Å². The van der Waals surface area contributed by atoms with Crippen molar-refractivity contribution in [1.29, 1.82) is 0 Å². The van der Waals surface area contributed by atoms with Gasteiger partial charge in [-0.15, -0.1) is 0 Å². The Morgan fingerprint density at radius 3 is 2.85 bits per heavy atom. The maximum atomic E-state index is 10.5. The highest BCUT2D eigenvalue weighted by atomic mass is 16.5. The van der Waals surface area contributed by atoms with Crippen molar-refractivity contribution in [3.8, 4) is 5.75 Å². The Hall–Kier alpha value is -1.81. The second kappa shape index (κ2) is 7.10. The third-order valence-corrected chi connectivity index (χ3v) is 3.22. The van der Waals surface area contributed by atoms with Gasteiger partial charge in [0.15, 0.2) is 0 Å². The van der Waals surface area contributed by atoms with Gasteiger partial charge < -0.3 is 14.4 Å². The highest BCUT2D eigenvalue weighted by Gasteiger charge is 2.15. The molecule has 4 heteroatoms. The maximum Gasteiger partial charge on any atom is 0.125 e. The van der Waals surface area contributed by atoms with Gasteiger partial charge in [0.05, 0.1) is 13.2 Å². The molecule has 1 aromatic carbocycles. The fourth-order valence-electron chi connectivity index (χ4n) is 2.29. The van der Waals surface area contributed by atoms with Crippen LogP contribution >= 0.6 is 0 Å². The molecule has 0 bridgehead atoms. The number of hydrogen-bond acceptors (Lipinski definition) is 3. The Balaban J connectivity index is 2.15. The molecular weight excluding hydrogens is 252 g/mol. The van der Waals surface area contributed by atoms with E-state index in [9.17, 15) is 5.11 Å². The summed E-state index contributed by atoms with van der Waals surface area (Å²) in [5, 5.41) is 10.5. The Morgan fingerprint density at radius 2 is 2.10 bits per heavy atom. The lowest BCUT2D eigenvalue weighted by Gasteiger charge is -2.17. The lowest BCUT2D eigenvalue weighted by molar-refractivity contribution is 0.150. The first-order valence-electron chi connectivity index (χ1n) is 7.16. The van der Waals surface area contributed by atoms with E-state index in [-0.39, 0.29) is 0 Å². The van der Waals surface area contributed by atoms with Crippen LogP contribution in [0.25, 0.3) is 0 Å². The summed E-state index contributed by atoms with van der Waals surface area (Å²) in [6, 6.07) is 7.64. The first-order valence-corrected chi connectivity index (χ1v) is 7.16. The Labute approximate surface area is 120 Å². The van der Waals surface area contributed by atoms with E-state index in [1.807, 2.05) is 42.0 Å². The van der Waals surface area contributed by atoms with Crippen LogP contribution in [0.15, 0.2) is 36.7 Å². The van der Waals surface area contributed by atoms with Crippen LogP contribution in [-0.4, -0.2) is 21.3 Å². The van der Waals surface area contributed by atoms with Crippen LogP contribution in [0, 0.1) is 0 Å². The summed E-state index contributed by atoms with van der Waals surface area (Å²) in [4.78, 5) is 4.33. The molecule has 0 aliphatic rings. The molecule has 0 radical (unpaired) electrons. The molecule has 1 atom stereocenters. The molecule has 0 aliphatic carbocycles. The van der Waals surface area contributed by atoms with Crippen molar-refractivity contribution >= 4 is 0 Å². The molecule has 2 rings (SSSR count). The van der Waals surface area contributed by atoms with Gasteiger partial charge in [0.25, 0.3) is 0 Å². The number of aromatic nitrogens is 2. The molecule has 1 aromatic heterocycles. The van der Waals surface area contributed by atoms with E-state index in [0.717, 1.165) is 30.0 Å². The minimum atomic E-state index is -0.595. The summed E-state index contributed by atoms with van der Waals surface area (Å²) in [6.45, 7) is 5.16. The van der Waals surface area contributed by atoms with E-state index >= 15 is 0 Å². The monoisotopic (exact) mass is 274 g/mol. The van der Waals surface area contributed by atoms with E-state index in [4.69, 9.17) is 4.74 Å². The summed E-state index contributed by atoms with van der Waals surface area (Å²) in [6.07, 6.45) is 5.07. The van der Waals surface area contributed by atoms with Gasteiger partial charge in [0, 0.05) is 24.4 Å². The van der Waals surface area contributed by atoms with Gasteiger partial charge >= 0.3 is 0 Å². The fraction of sp³-hybridized carbons (Fsp3) is 0.438. The number of aliphatic hydroxyl groups is 1. The standard InChI is InChI=1S/C16H22N2O2/c1-3-7-16-17-10-11-18(16)12-14(19)13-8-5-6-9-15(13)20-4-2/h5-6,8-11,14,19H,3-4,7,12H2,1-2H3. The van der Waals surface area contributed by atoms with Gasteiger partial charge in [-0.1, -0.05) is 25.1 Å². The number of nitrogens with zero attached hydrogens (tertiary/aromatic N) is 2. The molecule has 108 valence electrons. The predicted octanol–water partition coefficient (Wildman–Crippen LogP) is 2.97. The Kier molecular flexibility index (Phi) is 5.18. The van der Waals surface area contributed by atoms with E-state index in [1.165, 1.54) is 0 Å². The van der Waals surface area contributed by atoms with Crippen molar-refractivity contribution in [2.24, 2.45) is 0 Å². The van der Waals surface area contributed by atoms with Gasteiger partial charge in [-0.3, -0.25) is 0 Å². The molecule has 0 amide bonds. The van der Waals surface area contributed by atoms with E-state index in [1.54, 1.807) is 6.20 Å². The number of aryl methyl sites for hydroxylation is 1. The van der Waals surface area contributed by atoms with E-state index in [0.29, 0.717) is 13.2 Å². The van der Waals surface area contributed by atoms with Crippen molar-refractivity contribution in [2.75, 3.05) is 6.61 Å². The zero-order chi connectivity index (χ0) is 14.4. The van der Waals surface area contributed by atoms with Crippen LogP contribution in [0.2, 0.25) is 0 Å². The molecule has 4 nitrogen and oxygen atoms in total. The summed E-state index contributed by atoms with van der Waals surface area (Å²) < 4.78 is 7.58. The van der Waals surface area contributed by atoms with E-state index in [2.05, 4.69) is 11.9 Å². The topological polar surface area (TPSA) is 47.3 Å². The van der Waals surface area contributed by atoms with Gasteiger partial charge in [-0.25, -0.2) is 4.98 Å². The first kappa shape index (κ1) is 14.6. The molecule has 0 fully saturated rings. The summed E-state index contributed by atoms with van der Waals surface area (Å²) in [7, 11) is 0. The fourth-order valence-corrected chi connectivity index (χ4v) is 2.29. The average molecular weight is 274 g/mol. The molecular formula is C16H22N2O2. The van der Waals surface area contributed by atoms with Crippen molar-refractivity contribution in [1.82, 2.24) is 9.55 Å². The molecule has 0 saturated carbocycles. The molecule has 1 N–H and O–H groups in total. The highest BCUT2D eigenvalue weighted by molar-refractivity contribution is 5.35. The number of para-hydroxylation sites is 1. The Morgan fingerprint density at radius 1 is 1.30 bits per heavy atom. The molecule has 0 spiro atoms. The predicted molar refractivity (Wildman–Crippen MR) is 78.8 cm³/mol. The number of aliphatic hydroxyl groups excluding tert-OH is 1. The minimum Gasteiger partial charge on any atom is -0.493 e. The molecule has 1 heterocycles. The largest absolute Gasteiger partial charge is 0.493 e.